The van der Waals surface area contributed by atoms with Crippen molar-refractivity contribution in [1.82, 2.24) is 9.47 Å². The monoisotopic (exact) mass is 265 g/mol. The molecule has 2 rings (SSSR count). The minimum Gasteiger partial charge on any atom is -0.397 e. The minimum absolute atomic E-state index is 0.0561. The van der Waals surface area contributed by atoms with Crippen LogP contribution in [0.15, 0.2) is 12.3 Å². The normalized spacial score (nSPS) is 20.0. The van der Waals surface area contributed by atoms with E-state index in [0.717, 1.165) is 6.42 Å². The topological polar surface area (TPSA) is 60.5 Å². The van der Waals surface area contributed by atoms with E-state index in [0.29, 0.717) is 31.1 Å². The highest BCUT2D eigenvalue weighted by molar-refractivity contribution is 5.94. The summed E-state index contributed by atoms with van der Waals surface area (Å²) in [4.78, 5) is 14.6. The molecule has 1 aromatic rings. The summed E-state index contributed by atoms with van der Waals surface area (Å²) in [6, 6.07) is 2.15. The Labute approximate surface area is 114 Å². The molecule has 106 valence electrons. The van der Waals surface area contributed by atoms with Crippen LogP contribution in [0.25, 0.3) is 0 Å². The quantitative estimate of drug-likeness (QED) is 0.908. The zero-order valence-corrected chi connectivity index (χ0v) is 11.9. The van der Waals surface area contributed by atoms with Crippen LogP contribution < -0.4 is 5.73 Å². The Bertz CT molecular complexity index is 454. The molecule has 5 heteroatoms. The molecule has 1 unspecified atom stereocenters. The number of ether oxygens (including phenoxy) is 1. The van der Waals surface area contributed by atoms with Gasteiger partial charge in [0.15, 0.2) is 0 Å². The molecule has 0 aliphatic carbocycles. The number of aromatic nitrogens is 1. The lowest BCUT2D eigenvalue weighted by Crippen LogP contribution is -2.48. The molecule has 1 aliphatic heterocycles. The molecule has 19 heavy (non-hydrogen) atoms. The summed E-state index contributed by atoms with van der Waals surface area (Å²) >= 11 is 0. The number of rotatable bonds is 3. The van der Waals surface area contributed by atoms with Crippen molar-refractivity contribution >= 4 is 11.6 Å². The van der Waals surface area contributed by atoms with Crippen LogP contribution in [0.4, 0.5) is 5.69 Å². The van der Waals surface area contributed by atoms with Crippen molar-refractivity contribution in [3.05, 3.63) is 18.0 Å². The second kappa shape index (κ2) is 5.65. The van der Waals surface area contributed by atoms with Crippen molar-refractivity contribution < 1.29 is 9.53 Å². The van der Waals surface area contributed by atoms with Gasteiger partial charge in [0.25, 0.3) is 5.91 Å². The average molecular weight is 265 g/mol. The van der Waals surface area contributed by atoms with E-state index in [2.05, 4.69) is 6.92 Å². The van der Waals surface area contributed by atoms with Crippen LogP contribution in [0.5, 0.6) is 0 Å². The molecule has 1 fully saturated rings. The second-order valence-electron chi connectivity index (χ2n) is 5.30. The third kappa shape index (κ3) is 2.76. The predicted octanol–water partition coefficient (Wildman–Crippen LogP) is 1.90. The van der Waals surface area contributed by atoms with Crippen molar-refractivity contribution in [2.24, 2.45) is 0 Å². The number of morpholine rings is 1. The Morgan fingerprint density at radius 2 is 2.32 bits per heavy atom. The largest absolute Gasteiger partial charge is 0.397 e. The maximum Gasteiger partial charge on any atom is 0.270 e. The molecule has 1 saturated heterocycles. The zero-order chi connectivity index (χ0) is 14.0. The Morgan fingerprint density at radius 3 is 2.95 bits per heavy atom. The van der Waals surface area contributed by atoms with Crippen LogP contribution in [0, 0.1) is 0 Å². The molecular formula is C14H23N3O2. The summed E-state index contributed by atoms with van der Waals surface area (Å²) in [5.41, 5.74) is 7.15. The van der Waals surface area contributed by atoms with Crippen molar-refractivity contribution in [1.29, 1.82) is 0 Å². The van der Waals surface area contributed by atoms with Crippen molar-refractivity contribution in [3.8, 4) is 0 Å². The van der Waals surface area contributed by atoms with Gasteiger partial charge in [-0.15, -0.1) is 0 Å². The maximum absolute atomic E-state index is 12.7. The number of nitrogens with zero attached hydrogens (tertiary/aromatic N) is 2. The van der Waals surface area contributed by atoms with Crippen molar-refractivity contribution in [2.75, 3.05) is 25.5 Å². The fourth-order valence-electron chi connectivity index (χ4n) is 2.51. The molecule has 1 amide bonds. The van der Waals surface area contributed by atoms with E-state index >= 15 is 0 Å². The Morgan fingerprint density at radius 1 is 1.58 bits per heavy atom. The number of carbonyl (C=O) groups excluding carboxylic acids is 1. The highest BCUT2D eigenvalue weighted by Crippen LogP contribution is 2.21. The first-order valence-electron chi connectivity index (χ1n) is 6.90. The van der Waals surface area contributed by atoms with Crippen LogP contribution >= 0.6 is 0 Å². The fraction of sp³-hybridized carbons (Fsp3) is 0.643. The van der Waals surface area contributed by atoms with E-state index in [-0.39, 0.29) is 18.0 Å². The number of amides is 1. The van der Waals surface area contributed by atoms with Crippen LogP contribution in [-0.2, 0) is 4.74 Å². The third-order valence-corrected chi connectivity index (χ3v) is 3.60. The Hall–Kier alpha value is -1.49. The lowest BCUT2D eigenvalue weighted by atomic mass is 10.1. The predicted molar refractivity (Wildman–Crippen MR) is 75.2 cm³/mol. The zero-order valence-electron chi connectivity index (χ0n) is 11.9. The number of hydrogen-bond acceptors (Lipinski definition) is 3. The summed E-state index contributed by atoms with van der Waals surface area (Å²) in [6.07, 6.45) is 2.74. The Kier molecular flexibility index (Phi) is 4.14. The van der Waals surface area contributed by atoms with Crippen molar-refractivity contribution in [3.63, 3.8) is 0 Å². The van der Waals surface area contributed by atoms with Gasteiger partial charge in [0.1, 0.15) is 5.69 Å². The van der Waals surface area contributed by atoms with Crippen LogP contribution in [0.3, 0.4) is 0 Å². The summed E-state index contributed by atoms with van der Waals surface area (Å²) in [5, 5.41) is 0. The van der Waals surface area contributed by atoms with E-state index in [1.54, 1.807) is 6.07 Å². The number of carbonyl (C=O) groups is 1. The highest BCUT2D eigenvalue weighted by Gasteiger charge is 2.29. The molecule has 0 spiro atoms. The summed E-state index contributed by atoms with van der Waals surface area (Å²) < 4.78 is 7.39. The van der Waals surface area contributed by atoms with Gasteiger partial charge in [-0.2, -0.15) is 0 Å². The lowest BCUT2D eigenvalue weighted by molar-refractivity contribution is -0.00340. The van der Waals surface area contributed by atoms with Gasteiger partial charge in [0.2, 0.25) is 0 Å². The standard InChI is InChI=1S/C14H23N3O2/c1-4-12-9-19-6-5-16(12)14(18)13-7-11(15)8-17(13)10(2)3/h7-8,10,12H,4-6,9,15H2,1-3H3. The van der Waals surface area contributed by atoms with Gasteiger partial charge < -0.3 is 19.9 Å². The van der Waals surface area contributed by atoms with Gasteiger partial charge in [-0.25, -0.2) is 0 Å². The number of nitrogen functional groups attached to an aromatic ring is 1. The molecule has 0 radical (unpaired) electrons. The van der Waals surface area contributed by atoms with E-state index in [4.69, 9.17) is 10.5 Å². The molecule has 0 bridgehead atoms. The van der Waals surface area contributed by atoms with Gasteiger partial charge in [0, 0.05) is 18.8 Å². The smallest absolute Gasteiger partial charge is 0.270 e. The van der Waals surface area contributed by atoms with Gasteiger partial charge in [-0.05, 0) is 26.3 Å². The minimum atomic E-state index is 0.0561. The molecule has 0 saturated carbocycles. The molecule has 2 heterocycles. The summed E-state index contributed by atoms with van der Waals surface area (Å²) in [6.45, 7) is 8.07. The maximum atomic E-state index is 12.7. The number of nitrogens with two attached hydrogens (primary N) is 1. The number of anilines is 1. The second-order valence-corrected chi connectivity index (χ2v) is 5.30. The molecule has 0 aromatic carbocycles. The first kappa shape index (κ1) is 13.9. The van der Waals surface area contributed by atoms with Gasteiger partial charge >= 0.3 is 0 Å². The van der Waals surface area contributed by atoms with Crippen molar-refractivity contribution in [2.45, 2.75) is 39.3 Å². The SMILES string of the molecule is CCC1COCCN1C(=O)c1cc(N)cn1C(C)C. The first-order valence-corrected chi connectivity index (χ1v) is 6.90. The van der Waals surface area contributed by atoms with E-state index in [1.165, 1.54) is 0 Å². The van der Waals surface area contributed by atoms with Gasteiger partial charge in [-0.3, -0.25) is 4.79 Å². The van der Waals surface area contributed by atoms with E-state index in [1.807, 2.05) is 29.5 Å². The average Bonchev–Trinajstić information content (AvgIpc) is 2.80. The molecule has 1 aliphatic rings. The molecule has 2 N–H and O–H groups in total. The van der Waals surface area contributed by atoms with E-state index < -0.39 is 0 Å². The van der Waals surface area contributed by atoms with Crippen LogP contribution in [0.1, 0.15) is 43.7 Å². The van der Waals surface area contributed by atoms with Gasteiger partial charge in [0.05, 0.1) is 24.9 Å². The highest BCUT2D eigenvalue weighted by atomic mass is 16.5. The Balaban J connectivity index is 2.27. The molecular weight excluding hydrogens is 242 g/mol. The lowest BCUT2D eigenvalue weighted by Gasteiger charge is -2.35. The van der Waals surface area contributed by atoms with Crippen LogP contribution in [-0.4, -0.2) is 41.2 Å². The molecule has 1 aromatic heterocycles. The fourth-order valence-corrected chi connectivity index (χ4v) is 2.51. The van der Waals surface area contributed by atoms with Crippen LogP contribution in [0.2, 0.25) is 0 Å². The molecule has 1 atom stereocenters. The number of hydrogen-bond donors (Lipinski definition) is 1. The van der Waals surface area contributed by atoms with E-state index in [9.17, 15) is 4.79 Å². The van der Waals surface area contributed by atoms with Gasteiger partial charge in [-0.1, -0.05) is 6.92 Å². The summed E-state index contributed by atoms with van der Waals surface area (Å²) in [7, 11) is 0. The first-order chi connectivity index (χ1) is 9.04. The third-order valence-electron chi connectivity index (χ3n) is 3.60. The molecule has 5 nitrogen and oxygen atoms in total. The summed E-state index contributed by atoms with van der Waals surface area (Å²) in [5.74, 6) is 0.0561.